The van der Waals surface area contributed by atoms with Gasteiger partial charge in [-0.3, -0.25) is 4.79 Å². The Labute approximate surface area is 106 Å². The van der Waals surface area contributed by atoms with E-state index in [9.17, 15) is 13.6 Å². The Balaban J connectivity index is 2.23. The standard InChI is InChI=1S/C11H10F2INO/c1-7-3-2-4-8(14)9(7)10(16)15-5-11(12,13)6-15/h2-4H,5-6H2,1H3. The van der Waals surface area contributed by atoms with Gasteiger partial charge in [-0.15, -0.1) is 0 Å². The minimum atomic E-state index is -2.70. The van der Waals surface area contributed by atoms with Gasteiger partial charge in [0.05, 0.1) is 18.7 Å². The molecule has 1 heterocycles. The summed E-state index contributed by atoms with van der Waals surface area (Å²) < 4.78 is 26.1. The van der Waals surface area contributed by atoms with Gasteiger partial charge in [0.2, 0.25) is 0 Å². The molecule has 0 atom stereocenters. The van der Waals surface area contributed by atoms with Gasteiger partial charge in [0.1, 0.15) is 0 Å². The van der Waals surface area contributed by atoms with Crippen molar-refractivity contribution >= 4 is 28.5 Å². The molecule has 1 amide bonds. The minimum absolute atomic E-state index is 0.298. The predicted molar refractivity (Wildman–Crippen MR) is 64.7 cm³/mol. The van der Waals surface area contributed by atoms with Gasteiger partial charge in [-0.1, -0.05) is 12.1 Å². The number of nitrogens with zero attached hydrogens (tertiary/aromatic N) is 1. The second kappa shape index (κ2) is 3.94. The molecular weight excluding hydrogens is 327 g/mol. The monoisotopic (exact) mass is 337 g/mol. The van der Waals surface area contributed by atoms with E-state index >= 15 is 0 Å². The van der Waals surface area contributed by atoms with E-state index in [0.717, 1.165) is 9.13 Å². The van der Waals surface area contributed by atoms with E-state index in [1.807, 2.05) is 41.6 Å². The van der Waals surface area contributed by atoms with Gasteiger partial charge in [-0.25, -0.2) is 8.78 Å². The first-order chi connectivity index (χ1) is 7.41. The Morgan fingerprint density at radius 3 is 2.56 bits per heavy atom. The Bertz CT molecular complexity index is 419. The van der Waals surface area contributed by atoms with Gasteiger partial charge in [0.25, 0.3) is 11.8 Å². The smallest absolute Gasteiger partial charge is 0.282 e. The summed E-state index contributed by atoms with van der Waals surface area (Å²) in [5, 5.41) is 0. The molecule has 1 aromatic rings. The summed E-state index contributed by atoms with van der Waals surface area (Å²) in [5.74, 6) is -3.00. The molecule has 0 bridgehead atoms. The first-order valence-electron chi connectivity index (χ1n) is 4.83. The van der Waals surface area contributed by atoms with Gasteiger partial charge in [0.15, 0.2) is 0 Å². The molecule has 0 aromatic heterocycles. The van der Waals surface area contributed by atoms with Crippen LogP contribution in [-0.2, 0) is 0 Å². The van der Waals surface area contributed by atoms with Gasteiger partial charge in [0, 0.05) is 3.57 Å². The van der Waals surface area contributed by atoms with Crippen LogP contribution in [0.3, 0.4) is 0 Å². The molecule has 1 aliphatic heterocycles. The van der Waals surface area contributed by atoms with E-state index in [1.165, 1.54) is 4.90 Å². The fourth-order valence-corrected chi connectivity index (χ4v) is 2.58. The molecule has 0 N–H and O–H groups in total. The number of rotatable bonds is 1. The number of hydrogen-bond donors (Lipinski definition) is 0. The van der Waals surface area contributed by atoms with Gasteiger partial charge < -0.3 is 4.90 Å². The Hall–Kier alpha value is -0.720. The first kappa shape index (κ1) is 11.8. The van der Waals surface area contributed by atoms with Crippen molar-refractivity contribution in [3.63, 3.8) is 0 Å². The molecule has 2 nitrogen and oxygen atoms in total. The molecule has 1 aromatic carbocycles. The largest absolute Gasteiger partial charge is 0.326 e. The molecule has 1 aliphatic rings. The number of amides is 1. The van der Waals surface area contributed by atoms with Crippen LogP contribution in [0.1, 0.15) is 15.9 Å². The number of hydrogen-bond acceptors (Lipinski definition) is 1. The highest BCUT2D eigenvalue weighted by Crippen LogP contribution is 2.29. The summed E-state index contributed by atoms with van der Waals surface area (Å²) in [6, 6.07) is 5.46. The Morgan fingerprint density at radius 1 is 1.44 bits per heavy atom. The zero-order valence-electron chi connectivity index (χ0n) is 8.64. The van der Waals surface area contributed by atoms with Crippen molar-refractivity contribution in [1.29, 1.82) is 0 Å². The molecule has 0 saturated carbocycles. The van der Waals surface area contributed by atoms with Crippen LogP contribution in [0.5, 0.6) is 0 Å². The lowest BCUT2D eigenvalue weighted by molar-refractivity contribution is -0.113. The molecule has 0 aliphatic carbocycles. The molecule has 1 saturated heterocycles. The van der Waals surface area contributed by atoms with Crippen molar-refractivity contribution in [2.75, 3.05) is 13.1 Å². The van der Waals surface area contributed by atoms with Gasteiger partial charge in [-0.05, 0) is 41.1 Å². The summed E-state index contributed by atoms with van der Waals surface area (Å²) in [5.41, 5.74) is 1.37. The second-order valence-corrected chi connectivity index (χ2v) is 5.11. The summed E-state index contributed by atoms with van der Waals surface area (Å²) in [6.07, 6.45) is 0. The Kier molecular flexibility index (Phi) is 2.90. The number of benzene rings is 1. The average molecular weight is 337 g/mol. The normalized spacial score (nSPS) is 18.1. The third kappa shape index (κ3) is 2.05. The lowest BCUT2D eigenvalue weighted by Crippen LogP contribution is -2.58. The van der Waals surface area contributed by atoms with Crippen LogP contribution < -0.4 is 0 Å². The van der Waals surface area contributed by atoms with Crippen molar-refractivity contribution in [3.8, 4) is 0 Å². The zero-order chi connectivity index (χ0) is 11.9. The molecule has 0 radical (unpaired) electrons. The molecule has 2 rings (SSSR count). The van der Waals surface area contributed by atoms with E-state index in [4.69, 9.17) is 0 Å². The number of halogens is 3. The molecule has 0 unspecified atom stereocenters. The van der Waals surface area contributed by atoms with Crippen LogP contribution in [0.2, 0.25) is 0 Å². The van der Waals surface area contributed by atoms with Crippen LogP contribution in [0, 0.1) is 10.5 Å². The third-order valence-electron chi connectivity index (χ3n) is 2.57. The van der Waals surface area contributed by atoms with Crippen LogP contribution in [0.25, 0.3) is 0 Å². The number of aryl methyl sites for hydroxylation is 1. The highest BCUT2D eigenvalue weighted by molar-refractivity contribution is 14.1. The van der Waals surface area contributed by atoms with Crippen molar-refractivity contribution in [2.45, 2.75) is 12.8 Å². The van der Waals surface area contributed by atoms with Crippen LogP contribution in [0.15, 0.2) is 18.2 Å². The predicted octanol–water partition coefficient (Wildman–Crippen LogP) is 2.69. The zero-order valence-corrected chi connectivity index (χ0v) is 10.8. The maximum Gasteiger partial charge on any atom is 0.282 e. The quantitative estimate of drug-likeness (QED) is 0.722. The molecule has 86 valence electrons. The highest BCUT2D eigenvalue weighted by atomic mass is 127. The van der Waals surface area contributed by atoms with Gasteiger partial charge >= 0.3 is 0 Å². The Morgan fingerprint density at radius 2 is 2.06 bits per heavy atom. The fourth-order valence-electron chi connectivity index (χ4n) is 1.72. The van der Waals surface area contributed by atoms with Crippen molar-refractivity contribution < 1.29 is 13.6 Å². The number of carbonyl (C=O) groups is 1. The van der Waals surface area contributed by atoms with Gasteiger partial charge in [-0.2, -0.15) is 0 Å². The summed E-state index contributed by atoms with van der Waals surface area (Å²) in [6.45, 7) is 0.889. The fraction of sp³-hybridized carbons (Fsp3) is 0.364. The summed E-state index contributed by atoms with van der Waals surface area (Å²) in [4.78, 5) is 13.1. The number of likely N-dealkylation sites (tertiary alicyclic amines) is 1. The van der Waals surface area contributed by atoms with E-state index in [1.54, 1.807) is 6.07 Å². The van der Waals surface area contributed by atoms with Crippen molar-refractivity contribution in [3.05, 3.63) is 32.9 Å². The lowest BCUT2D eigenvalue weighted by atomic mass is 10.0. The van der Waals surface area contributed by atoms with Crippen LogP contribution in [0.4, 0.5) is 8.78 Å². The van der Waals surface area contributed by atoms with E-state index in [2.05, 4.69) is 0 Å². The van der Waals surface area contributed by atoms with Crippen LogP contribution >= 0.6 is 22.6 Å². The van der Waals surface area contributed by atoms with Crippen LogP contribution in [-0.4, -0.2) is 29.8 Å². The lowest BCUT2D eigenvalue weighted by Gasteiger charge is -2.39. The number of carbonyl (C=O) groups excluding carboxylic acids is 1. The second-order valence-electron chi connectivity index (χ2n) is 3.95. The third-order valence-corrected chi connectivity index (χ3v) is 3.47. The summed E-state index contributed by atoms with van der Waals surface area (Å²) in [7, 11) is 0. The molecular formula is C11H10F2INO. The molecule has 0 spiro atoms. The minimum Gasteiger partial charge on any atom is -0.326 e. The van der Waals surface area contributed by atoms with E-state index in [0.29, 0.717) is 5.56 Å². The van der Waals surface area contributed by atoms with Crippen molar-refractivity contribution in [1.82, 2.24) is 4.90 Å². The molecule has 5 heteroatoms. The first-order valence-corrected chi connectivity index (χ1v) is 5.91. The molecule has 16 heavy (non-hydrogen) atoms. The van der Waals surface area contributed by atoms with E-state index in [-0.39, 0.29) is 5.91 Å². The average Bonchev–Trinajstić information content (AvgIpc) is 2.13. The number of alkyl halides is 2. The SMILES string of the molecule is Cc1cccc(I)c1C(=O)N1CC(F)(F)C1. The van der Waals surface area contributed by atoms with E-state index < -0.39 is 19.0 Å². The summed E-state index contributed by atoms with van der Waals surface area (Å²) >= 11 is 2.05. The maximum atomic E-state index is 12.7. The maximum absolute atomic E-state index is 12.7. The topological polar surface area (TPSA) is 20.3 Å². The highest BCUT2D eigenvalue weighted by Gasteiger charge is 2.46. The molecule has 1 fully saturated rings. The van der Waals surface area contributed by atoms with Crippen molar-refractivity contribution in [2.24, 2.45) is 0 Å².